The smallest absolute Gasteiger partial charge is 0.412 e. The quantitative estimate of drug-likeness (QED) is 0.780. The van der Waals surface area contributed by atoms with Crippen LogP contribution in [-0.2, 0) is 4.74 Å². The number of nitrogens with one attached hydrogen (secondary N) is 1. The topological polar surface area (TPSA) is 38.3 Å². The molecule has 0 spiro atoms. The van der Waals surface area contributed by atoms with Gasteiger partial charge in [-0.15, -0.1) is 0 Å². The highest BCUT2D eigenvalue weighted by Crippen LogP contribution is 2.32. The van der Waals surface area contributed by atoms with Crippen LogP contribution in [0.25, 0.3) is 0 Å². The number of ether oxygens (including phenoxy) is 1. The molecule has 0 unspecified atom stereocenters. The molecule has 3 nitrogen and oxygen atoms in total. The zero-order valence-electron chi connectivity index (χ0n) is 9.61. The standard InChI is InChI=1S/C11H12Br2FNO2/c1-11(2,3)17-10(16)15-9-7(12)4-6(14)5-8(9)13/h4-5H,1-3H3,(H,15,16). The monoisotopic (exact) mass is 367 g/mol. The Labute approximate surface area is 116 Å². The second-order valence-electron chi connectivity index (χ2n) is 4.37. The molecular formula is C11H12Br2FNO2. The van der Waals surface area contributed by atoms with Gasteiger partial charge < -0.3 is 4.74 Å². The van der Waals surface area contributed by atoms with Gasteiger partial charge in [-0.1, -0.05) is 0 Å². The lowest BCUT2D eigenvalue weighted by Gasteiger charge is -2.20. The third kappa shape index (κ3) is 4.63. The third-order valence-corrected chi connectivity index (χ3v) is 2.88. The molecule has 94 valence electrons. The van der Waals surface area contributed by atoms with E-state index in [1.54, 1.807) is 20.8 Å². The predicted molar refractivity (Wildman–Crippen MR) is 71.7 cm³/mol. The van der Waals surface area contributed by atoms with Gasteiger partial charge in [-0.25, -0.2) is 9.18 Å². The van der Waals surface area contributed by atoms with E-state index >= 15 is 0 Å². The number of hydrogen-bond acceptors (Lipinski definition) is 2. The fourth-order valence-corrected chi connectivity index (χ4v) is 2.40. The Bertz CT molecular complexity index is 421. The average molecular weight is 369 g/mol. The fraction of sp³-hybridized carbons (Fsp3) is 0.364. The van der Waals surface area contributed by atoms with Crippen molar-refractivity contribution in [1.29, 1.82) is 0 Å². The molecule has 1 rings (SSSR count). The Morgan fingerprint density at radius 1 is 1.29 bits per heavy atom. The molecule has 17 heavy (non-hydrogen) atoms. The molecule has 1 aromatic carbocycles. The van der Waals surface area contributed by atoms with Crippen LogP contribution in [0, 0.1) is 5.82 Å². The van der Waals surface area contributed by atoms with Crippen LogP contribution in [0.2, 0.25) is 0 Å². The van der Waals surface area contributed by atoms with Gasteiger partial charge in [-0.2, -0.15) is 0 Å². The van der Waals surface area contributed by atoms with Crippen molar-refractivity contribution in [2.75, 3.05) is 5.32 Å². The highest BCUT2D eigenvalue weighted by Gasteiger charge is 2.18. The maximum Gasteiger partial charge on any atom is 0.412 e. The fourth-order valence-electron chi connectivity index (χ4n) is 1.07. The Balaban J connectivity index is 2.86. The van der Waals surface area contributed by atoms with Crippen LogP contribution < -0.4 is 5.32 Å². The minimum atomic E-state index is -0.592. The van der Waals surface area contributed by atoms with E-state index in [0.29, 0.717) is 14.6 Å². The first-order valence-electron chi connectivity index (χ1n) is 4.83. The summed E-state index contributed by atoms with van der Waals surface area (Å²) in [6.45, 7) is 5.30. The Morgan fingerprint density at radius 3 is 2.18 bits per heavy atom. The first kappa shape index (κ1) is 14.4. The second-order valence-corrected chi connectivity index (χ2v) is 6.08. The Morgan fingerprint density at radius 2 is 1.76 bits per heavy atom. The van der Waals surface area contributed by atoms with Crippen molar-refractivity contribution in [2.24, 2.45) is 0 Å². The summed E-state index contributed by atoms with van der Waals surface area (Å²) in [4.78, 5) is 11.5. The molecule has 0 radical (unpaired) electrons. The molecule has 0 saturated carbocycles. The van der Waals surface area contributed by atoms with Gasteiger partial charge in [0.25, 0.3) is 0 Å². The van der Waals surface area contributed by atoms with Gasteiger partial charge in [-0.05, 0) is 64.8 Å². The van der Waals surface area contributed by atoms with Gasteiger partial charge in [0, 0.05) is 8.95 Å². The Hall–Kier alpha value is -0.620. The van der Waals surface area contributed by atoms with E-state index in [1.807, 2.05) is 0 Å². The molecule has 0 atom stereocenters. The van der Waals surface area contributed by atoms with Gasteiger partial charge in [0.2, 0.25) is 0 Å². The first-order valence-corrected chi connectivity index (χ1v) is 6.42. The second kappa shape index (κ2) is 5.35. The molecule has 6 heteroatoms. The predicted octanol–water partition coefficient (Wildman–Crippen LogP) is 4.70. The van der Waals surface area contributed by atoms with Crippen LogP contribution in [0.3, 0.4) is 0 Å². The molecule has 0 saturated heterocycles. The van der Waals surface area contributed by atoms with E-state index in [9.17, 15) is 9.18 Å². The molecule has 1 amide bonds. The van der Waals surface area contributed by atoms with Gasteiger partial charge in [0.1, 0.15) is 11.4 Å². The maximum atomic E-state index is 13.0. The van der Waals surface area contributed by atoms with Crippen molar-refractivity contribution in [3.05, 3.63) is 26.9 Å². The summed E-state index contributed by atoms with van der Waals surface area (Å²) < 4.78 is 19.0. The molecule has 0 bridgehead atoms. The van der Waals surface area contributed by atoms with Crippen LogP contribution in [0.15, 0.2) is 21.1 Å². The molecule has 0 aliphatic carbocycles. The van der Waals surface area contributed by atoms with Gasteiger partial charge >= 0.3 is 6.09 Å². The van der Waals surface area contributed by atoms with Crippen molar-refractivity contribution >= 4 is 43.6 Å². The highest BCUT2D eigenvalue weighted by atomic mass is 79.9. The molecule has 0 aromatic heterocycles. The molecule has 1 N–H and O–H groups in total. The summed E-state index contributed by atoms with van der Waals surface area (Å²) >= 11 is 6.33. The number of rotatable bonds is 1. The summed E-state index contributed by atoms with van der Waals surface area (Å²) in [5.74, 6) is -0.404. The SMILES string of the molecule is CC(C)(C)OC(=O)Nc1c(Br)cc(F)cc1Br. The van der Waals surface area contributed by atoms with Crippen molar-refractivity contribution in [3.8, 4) is 0 Å². The van der Waals surface area contributed by atoms with Gasteiger partial charge in [0.05, 0.1) is 5.69 Å². The van der Waals surface area contributed by atoms with Crippen LogP contribution >= 0.6 is 31.9 Å². The van der Waals surface area contributed by atoms with Gasteiger partial charge in [0.15, 0.2) is 0 Å². The van der Waals surface area contributed by atoms with E-state index in [0.717, 1.165) is 0 Å². The zero-order chi connectivity index (χ0) is 13.2. The molecule has 0 aliphatic heterocycles. The summed E-state index contributed by atoms with van der Waals surface area (Å²) in [6, 6.07) is 2.52. The number of carbonyl (C=O) groups excluding carboxylic acids is 1. The first-order chi connectivity index (χ1) is 7.69. The molecule has 0 heterocycles. The highest BCUT2D eigenvalue weighted by molar-refractivity contribution is 9.11. The van der Waals surface area contributed by atoms with E-state index in [-0.39, 0.29) is 0 Å². The van der Waals surface area contributed by atoms with Crippen LogP contribution in [0.4, 0.5) is 14.9 Å². The summed E-state index contributed by atoms with van der Waals surface area (Å²) in [6.07, 6.45) is -0.592. The minimum Gasteiger partial charge on any atom is -0.444 e. The number of carbonyl (C=O) groups is 1. The largest absolute Gasteiger partial charge is 0.444 e. The number of benzene rings is 1. The van der Waals surface area contributed by atoms with Crippen LogP contribution in [-0.4, -0.2) is 11.7 Å². The minimum absolute atomic E-state index is 0.404. The number of amides is 1. The lowest BCUT2D eigenvalue weighted by atomic mass is 10.2. The average Bonchev–Trinajstić information content (AvgIpc) is 2.08. The van der Waals surface area contributed by atoms with Crippen LogP contribution in [0.1, 0.15) is 20.8 Å². The third-order valence-electron chi connectivity index (χ3n) is 1.63. The maximum absolute atomic E-state index is 13.0. The molecular weight excluding hydrogens is 357 g/mol. The Kier molecular flexibility index (Phi) is 4.55. The normalized spacial score (nSPS) is 11.2. The van der Waals surface area contributed by atoms with Crippen LogP contribution in [0.5, 0.6) is 0 Å². The van der Waals surface area contributed by atoms with Crippen molar-refractivity contribution in [1.82, 2.24) is 0 Å². The summed E-state index contributed by atoms with van der Waals surface area (Å²) in [5.41, 5.74) is -0.149. The summed E-state index contributed by atoms with van der Waals surface area (Å²) in [7, 11) is 0. The van der Waals surface area contributed by atoms with E-state index in [2.05, 4.69) is 37.2 Å². The van der Waals surface area contributed by atoms with E-state index < -0.39 is 17.5 Å². The lowest BCUT2D eigenvalue weighted by molar-refractivity contribution is 0.0635. The number of halogens is 3. The number of hydrogen-bond donors (Lipinski definition) is 1. The van der Waals surface area contributed by atoms with Crippen molar-refractivity contribution in [3.63, 3.8) is 0 Å². The molecule has 1 aromatic rings. The molecule has 0 fully saturated rings. The van der Waals surface area contributed by atoms with E-state index in [4.69, 9.17) is 4.74 Å². The van der Waals surface area contributed by atoms with Crippen molar-refractivity contribution in [2.45, 2.75) is 26.4 Å². The lowest BCUT2D eigenvalue weighted by Crippen LogP contribution is -2.27. The van der Waals surface area contributed by atoms with Gasteiger partial charge in [-0.3, -0.25) is 5.32 Å². The number of anilines is 1. The summed E-state index contributed by atoms with van der Waals surface area (Å²) in [5, 5.41) is 2.54. The zero-order valence-corrected chi connectivity index (χ0v) is 12.8. The van der Waals surface area contributed by atoms with Crippen molar-refractivity contribution < 1.29 is 13.9 Å². The van der Waals surface area contributed by atoms with E-state index in [1.165, 1.54) is 12.1 Å². The molecule has 0 aliphatic rings.